The van der Waals surface area contributed by atoms with E-state index >= 15 is 0 Å². The van der Waals surface area contributed by atoms with E-state index in [4.69, 9.17) is 4.74 Å². The summed E-state index contributed by atoms with van der Waals surface area (Å²) in [5.41, 5.74) is 2.20. The van der Waals surface area contributed by atoms with Crippen molar-refractivity contribution in [2.24, 2.45) is 11.1 Å². The molecule has 0 N–H and O–H groups in total. The maximum Gasteiger partial charge on any atom is 0.313 e. The SMILES string of the molecule is Cc1ncc(N=O)n1CCOC(=O)C(C)c1ccc(CC(C)C)cc1. The van der Waals surface area contributed by atoms with E-state index < -0.39 is 0 Å². The van der Waals surface area contributed by atoms with Crippen LogP contribution in [-0.4, -0.2) is 22.1 Å². The molecule has 0 aliphatic rings. The average molecular weight is 343 g/mol. The Hall–Kier alpha value is -2.50. The number of benzene rings is 1. The van der Waals surface area contributed by atoms with Crippen LogP contribution >= 0.6 is 0 Å². The number of ether oxygens (including phenoxy) is 1. The van der Waals surface area contributed by atoms with E-state index in [2.05, 4.69) is 36.1 Å². The molecule has 0 amide bonds. The number of rotatable bonds is 8. The van der Waals surface area contributed by atoms with Crippen LogP contribution in [0.4, 0.5) is 5.82 Å². The Morgan fingerprint density at radius 3 is 2.52 bits per heavy atom. The van der Waals surface area contributed by atoms with E-state index in [9.17, 15) is 9.70 Å². The standard InChI is InChI=1S/C19H25N3O3/c1-13(2)11-16-5-7-17(8-6-16)14(3)19(23)25-10-9-22-15(4)20-12-18(22)21-24/h5-8,12-14H,9-11H2,1-4H3. The highest BCUT2D eigenvalue weighted by molar-refractivity contribution is 5.77. The van der Waals surface area contributed by atoms with Crippen molar-refractivity contribution in [2.75, 3.05) is 6.61 Å². The highest BCUT2D eigenvalue weighted by Gasteiger charge is 2.17. The fraction of sp³-hybridized carbons (Fsp3) is 0.474. The lowest BCUT2D eigenvalue weighted by atomic mass is 9.97. The summed E-state index contributed by atoms with van der Waals surface area (Å²) >= 11 is 0. The molecule has 1 aromatic heterocycles. The zero-order valence-corrected chi connectivity index (χ0v) is 15.2. The molecular formula is C19H25N3O3. The third-order valence-corrected chi connectivity index (χ3v) is 4.16. The van der Waals surface area contributed by atoms with Crippen LogP contribution in [0, 0.1) is 17.7 Å². The number of nitroso groups, excluding NO2 is 1. The Kier molecular flexibility index (Phi) is 6.44. The minimum Gasteiger partial charge on any atom is -0.463 e. The van der Waals surface area contributed by atoms with Crippen molar-refractivity contribution in [3.63, 3.8) is 0 Å². The zero-order valence-electron chi connectivity index (χ0n) is 15.2. The number of nitrogens with zero attached hydrogens (tertiary/aromatic N) is 3. The molecule has 1 unspecified atom stereocenters. The van der Waals surface area contributed by atoms with Gasteiger partial charge in [0, 0.05) is 0 Å². The third-order valence-electron chi connectivity index (χ3n) is 4.16. The Balaban J connectivity index is 1.89. The average Bonchev–Trinajstić information content (AvgIpc) is 2.94. The molecule has 1 atom stereocenters. The maximum atomic E-state index is 12.2. The molecule has 2 aromatic rings. The first-order chi connectivity index (χ1) is 11.9. The number of imidazole rings is 1. The van der Waals surface area contributed by atoms with Crippen LogP contribution in [0.5, 0.6) is 0 Å². The molecule has 0 aliphatic heterocycles. The molecule has 6 heteroatoms. The van der Waals surface area contributed by atoms with E-state index in [1.165, 1.54) is 11.8 Å². The molecular weight excluding hydrogens is 318 g/mol. The van der Waals surface area contributed by atoms with Gasteiger partial charge in [-0.15, -0.1) is 4.91 Å². The quantitative estimate of drug-likeness (QED) is 0.533. The summed E-state index contributed by atoms with van der Waals surface area (Å²) in [5.74, 6) is 0.892. The zero-order chi connectivity index (χ0) is 18.4. The van der Waals surface area contributed by atoms with Gasteiger partial charge in [0.25, 0.3) is 0 Å². The summed E-state index contributed by atoms with van der Waals surface area (Å²) in [6.45, 7) is 8.51. The lowest BCUT2D eigenvalue weighted by Gasteiger charge is -2.14. The summed E-state index contributed by atoms with van der Waals surface area (Å²) in [5, 5.41) is 2.91. The molecule has 0 bridgehead atoms. The third kappa shape index (κ3) is 4.98. The number of hydrogen-bond donors (Lipinski definition) is 0. The summed E-state index contributed by atoms with van der Waals surface area (Å²) in [4.78, 5) is 27.0. The van der Waals surface area contributed by atoms with Crippen molar-refractivity contribution >= 4 is 11.8 Å². The molecule has 0 fully saturated rings. The topological polar surface area (TPSA) is 73.6 Å². The first-order valence-corrected chi connectivity index (χ1v) is 8.53. The van der Waals surface area contributed by atoms with Gasteiger partial charge in [-0.1, -0.05) is 38.1 Å². The van der Waals surface area contributed by atoms with Gasteiger partial charge >= 0.3 is 5.97 Å². The molecule has 6 nitrogen and oxygen atoms in total. The highest BCUT2D eigenvalue weighted by Crippen LogP contribution is 2.19. The molecule has 2 rings (SSSR count). The predicted octanol–water partition coefficient (Wildman–Crippen LogP) is 4.13. The molecule has 25 heavy (non-hydrogen) atoms. The van der Waals surface area contributed by atoms with Gasteiger partial charge in [0.15, 0.2) is 5.82 Å². The van der Waals surface area contributed by atoms with Crippen molar-refractivity contribution in [3.8, 4) is 0 Å². The van der Waals surface area contributed by atoms with Crippen molar-refractivity contribution in [2.45, 2.75) is 46.6 Å². The van der Waals surface area contributed by atoms with Gasteiger partial charge < -0.3 is 9.30 Å². The van der Waals surface area contributed by atoms with Crippen molar-refractivity contribution in [1.29, 1.82) is 0 Å². The van der Waals surface area contributed by atoms with E-state index in [0.717, 1.165) is 12.0 Å². The highest BCUT2D eigenvalue weighted by atomic mass is 16.5. The lowest BCUT2D eigenvalue weighted by molar-refractivity contribution is -0.145. The lowest BCUT2D eigenvalue weighted by Crippen LogP contribution is -2.17. The molecule has 0 aliphatic carbocycles. The fourth-order valence-electron chi connectivity index (χ4n) is 2.72. The number of carbonyl (C=O) groups is 1. The number of hydrogen-bond acceptors (Lipinski definition) is 5. The normalized spacial score (nSPS) is 12.2. The second-order valence-corrected chi connectivity index (χ2v) is 6.64. The van der Waals surface area contributed by atoms with Gasteiger partial charge in [-0.3, -0.25) is 4.79 Å². The van der Waals surface area contributed by atoms with Gasteiger partial charge in [0.2, 0.25) is 0 Å². The van der Waals surface area contributed by atoms with E-state index in [0.29, 0.717) is 18.3 Å². The van der Waals surface area contributed by atoms with Gasteiger partial charge in [0.05, 0.1) is 18.7 Å². The van der Waals surface area contributed by atoms with Crippen molar-refractivity contribution < 1.29 is 9.53 Å². The number of carbonyl (C=O) groups excluding carboxylic acids is 1. The molecule has 0 saturated carbocycles. The molecule has 0 radical (unpaired) electrons. The van der Waals surface area contributed by atoms with Crippen LogP contribution in [0.25, 0.3) is 0 Å². The van der Waals surface area contributed by atoms with Crippen molar-refractivity contribution in [1.82, 2.24) is 9.55 Å². The second kappa shape index (κ2) is 8.55. The van der Waals surface area contributed by atoms with Gasteiger partial charge in [-0.25, -0.2) is 4.98 Å². The first kappa shape index (κ1) is 18.8. The Morgan fingerprint density at radius 2 is 1.92 bits per heavy atom. The molecule has 0 saturated heterocycles. The van der Waals surface area contributed by atoms with Crippen LogP contribution < -0.4 is 0 Å². The van der Waals surface area contributed by atoms with Gasteiger partial charge in [0.1, 0.15) is 12.4 Å². The monoisotopic (exact) mass is 343 g/mol. The minimum atomic E-state index is -0.333. The number of aryl methyl sites for hydroxylation is 1. The molecule has 0 spiro atoms. The Labute approximate surface area is 148 Å². The predicted molar refractivity (Wildman–Crippen MR) is 96.8 cm³/mol. The van der Waals surface area contributed by atoms with Crippen LogP contribution in [-0.2, 0) is 22.5 Å². The smallest absolute Gasteiger partial charge is 0.313 e. The summed E-state index contributed by atoms with van der Waals surface area (Å²) in [6.07, 6.45) is 2.43. The Morgan fingerprint density at radius 1 is 1.24 bits per heavy atom. The largest absolute Gasteiger partial charge is 0.463 e. The van der Waals surface area contributed by atoms with E-state index in [1.807, 2.05) is 19.1 Å². The van der Waals surface area contributed by atoms with Gasteiger partial charge in [-0.2, -0.15) is 0 Å². The molecule has 1 heterocycles. The van der Waals surface area contributed by atoms with Crippen LogP contribution in [0.15, 0.2) is 35.6 Å². The number of aromatic nitrogens is 2. The number of esters is 1. The van der Waals surface area contributed by atoms with E-state index in [-0.39, 0.29) is 24.3 Å². The van der Waals surface area contributed by atoms with Crippen LogP contribution in [0.1, 0.15) is 43.6 Å². The first-order valence-electron chi connectivity index (χ1n) is 8.53. The summed E-state index contributed by atoms with van der Waals surface area (Å²) in [7, 11) is 0. The minimum absolute atomic E-state index is 0.175. The maximum absolute atomic E-state index is 12.2. The van der Waals surface area contributed by atoms with E-state index in [1.54, 1.807) is 11.5 Å². The van der Waals surface area contributed by atoms with Crippen LogP contribution in [0.2, 0.25) is 0 Å². The van der Waals surface area contributed by atoms with Crippen molar-refractivity contribution in [3.05, 3.63) is 52.3 Å². The summed E-state index contributed by atoms with van der Waals surface area (Å²) in [6, 6.07) is 8.10. The fourth-order valence-corrected chi connectivity index (χ4v) is 2.72. The second-order valence-electron chi connectivity index (χ2n) is 6.64. The summed E-state index contributed by atoms with van der Waals surface area (Å²) < 4.78 is 6.98. The molecule has 134 valence electrons. The van der Waals surface area contributed by atoms with Gasteiger partial charge in [-0.05, 0) is 42.5 Å². The van der Waals surface area contributed by atoms with Crippen LogP contribution in [0.3, 0.4) is 0 Å². The Bertz CT molecular complexity index is 720. The molecule has 1 aromatic carbocycles.